The van der Waals surface area contributed by atoms with Crippen LogP contribution in [0.1, 0.15) is 26.9 Å². The first-order valence-electron chi connectivity index (χ1n) is 5.27. The Morgan fingerprint density at radius 3 is 2.65 bits per heavy atom. The van der Waals surface area contributed by atoms with E-state index in [0.717, 1.165) is 10.4 Å². The molecule has 0 saturated carbocycles. The first kappa shape index (κ1) is 12.7. The summed E-state index contributed by atoms with van der Waals surface area (Å²) in [5, 5.41) is 0. The maximum Gasteiger partial charge on any atom is 0.142 e. The number of hydrogen-bond acceptors (Lipinski definition) is 2. The number of halogens is 2. The monoisotopic (exact) mass is 313 g/mol. The highest BCUT2D eigenvalue weighted by Crippen LogP contribution is 2.32. The van der Waals surface area contributed by atoms with Crippen LogP contribution in [0.3, 0.4) is 0 Å². The van der Waals surface area contributed by atoms with Crippen LogP contribution in [0, 0.1) is 19.7 Å². The van der Waals surface area contributed by atoms with Crippen LogP contribution in [0.25, 0.3) is 0 Å². The molecule has 0 saturated heterocycles. The van der Waals surface area contributed by atoms with Crippen molar-refractivity contribution < 1.29 is 4.39 Å². The Labute approximate surface area is 113 Å². The van der Waals surface area contributed by atoms with Crippen LogP contribution in [0.4, 0.5) is 4.39 Å². The molecular weight excluding hydrogens is 301 g/mol. The molecule has 0 aliphatic carbocycles. The average molecular weight is 314 g/mol. The second kappa shape index (κ2) is 4.88. The standard InChI is InChI=1S/C13H13BrFNS/c1-7-6-8(2)17-13(7)12(16)9-4-3-5-10(14)11(9)15/h3-6,12H,16H2,1-2H3. The van der Waals surface area contributed by atoms with Gasteiger partial charge in [-0.3, -0.25) is 0 Å². The van der Waals surface area contributed by atoms with Crippen molar-refractivity contribution in [1.82, 2.24) is 0 Å². The van der Waals surface area contributed by atoms with Crippen molar-refractivity contribution in [3.63, 3.8) is 0 Å². The van der Waals surface area contributed by atoms with Crippen molar-refractivity contribution in [2.75, 3.05) is 0 Å². The molecule has 1 nitrogen and oxygen atoms in total. The van der Waals surface area contributed by atoms with Gasteiger partial charge in [-0.2, -0.15) is 0 Å². The fourth-order valence-electron chi connectivity index (χ4n) is 1.87. The van der Waals surface area contributed by atoms with E-state index in [9.17, 15) is 4.39 Å². The topological polar surface area (TPSA) is 26.0 Å². The number of benzene rings is 1. The molecule has 0 bridgehead atoms. The van der Waals surface area contributed by atoms with Crippen molar-refractivity contribution in [2.45, 2.75) is 19.9 Å². The Balaban J connectivity index is 2.47. The molecule has 2 N–H and O–H groups in total. The molecule has 0 spiro atoms. The molecule has 0 aliphatic heterocycles. The quantitative estimate of drug-likeness (QED) is 0.878. The summed E-state index contributed by atoms with van der Waals surface area (Å²) in [6.07, 6.45) is 0. The fraction of sp³-hybridized carbons (Fsp3) is 0.231. The van der Waals surface area contributed by atoms with E-state index in [-0.39, 0.29) is 5.82 Å². The summed E-state index contributed by atoms with van der Waals surface area (Å²) in [6, 6.07) is 6.90. The van der Waals surface area contributed by atoms with Gasteiger partial charge in [-0.05, 0) is 47.5 Å². The van der Waals surface area contributed by atoms with Crippen molar-refractivity contribution >= 4 is 27.3 Å². The molecule has 0 amide bonds. The highest BCUT2D eigenvalue weighted by Gasteiger charge is 2.18. The summed E-state index contributed by atoms with van der Waals surface area (Å²) in [6.45, 7) is 4.04. The van der Waals surface area contributed by atoms with Gasteiger partial charge in [0.15, 0.2) is 0 Å². The summed E-state index contributed by atoms with van der Waals surface area (Å²) >= 11 is 4.81. The van der Waals surface area contributed by atoms with E-state index in [4.69, 9.17) is 5.73 Å². The van der Waals surface area contributed by atoms with E-state index in [0.29, 0.717) is 10.0 Å². The SMILES string of the molecule is Cc1cc(C)c(C(N)c2cccc(Br)c2F)s1. The van der Waals surface area contributed by atoms with E-state index in [1.54, 1.807) is 29.5 Å². The zero-order valence-corrected chi connectivity index (χ0v) is 12.0. The molecule has 1 aromatic heterocycles. The molecule has 0 aliphatic rings. The molecule has 1 aromatic carbocycles. The predicted molar refractivity (Wildman–Crippen MR) is 73.9 cm³/mol. The maximum atomic E-state index is 14.0. The summed E-state index contributed by atoms with van der Waals surface area (Å²) in [7, 11) is 0. The lowest BCUT2D eigenvalue weighted by molar-refractivity contribution is 0.594. The van der Waals surface area contributed by atoms with Gasteiger partial charge >= 0.3 is 0 Å². The molecular formula is C13H13BrFNS. The van der Waals surface area contributed by atoms with Gasteiger partial charge in [0.25, 0.3) is 0 Å². The molecule has 2 aromatic rings. The van der Waals surface area contributed by atoms with E-state index < -0.39 is 6.04 Å². The third-order valence-electron chi connectivity index (χ3n) is 2.68. The Bertz CT molecular complexity index is 550. The number of aryl methyl sites for hydroxylation is 2. The van der Waals surface area contributed by atoms with Gasteiger partial charge < -0.3 is 5.73 Å². The summed E-state index contributed by atoms with van der Waals surface area (Å²) in [4.78, 5) is 2.22. The van der Waals surface area contributed by atoms with E-state index in [1.165, 1.54) is 4.88 Å². The summed E-state index contributed by atoms with van der Waals surface area (Å²) < 4.78 is 14.4. The van der Waals surface area contributed by atoms with E-state index in [2.05, 4.69) is 22.0 Å². The molecule has 0 fully saturated rings. The first-order valence-corrected chi connectivity index (χ1v) is 6.88. The van der Waals surface area contributed by atoms with Gasteiger partial charge in [-0.15, -0.1) is 11.3 Å². The molecule has 1 heterocycles. The Hall–Kier alpha value is -0.710. The average Bonchev–Trinajstić information content (AvgIpc) is 2.61. The highest BCUT2D eigenvalue weighted by atomic mass is 79.9. The summed E-state index contributed by atoms with van der Waals surface area (Å²) in [5.74, 6) is -0.273. The van der Waals surface area contributed by atoms with Crippen LogP contribution in [0.15, 0.2) is 28.7 Å². The van der Waals surface area contributed by atoms with Gasteiger partial charge in [0, 0.05) is 15.3 Å². The highest BCUT2D eigenvalue weighted by molar-refractivity contribution is 9.10. The number of rotatable bonds is 2. The minimum atomic E-state index is -0.397. The van der Waals surface area contributed by atoms with Crippen LogP contribution in [0.5, 0.6) is 0 Å². The smallest absolute Gasteiger partial charge is 0.142 e. The Kier molecular flexibility index (Phi) is 3.66. The predicted octanol–water partition coefficient (Wildman–Crippen LogP) is 4.31. The van der Waals surface area contributed by atoms with Crippen LogP contribution in [-0.4, -0.2) is 0 Å². The second-order valence-corrected chi connectivity index (χ2v) is 6.17. The van der Waals surface area contributed by atoms with E-state index in [1.807, 2.05) is 13.8 Å². The third-order valence-corrected chi connectivity index (χ3v) is 4.53. The number of nitrogens with two attached hydrogens (primary N) is 1. The Morgan fingerprint density at radius 2 is 2.06 bits per heavy atom. The number of hydrogen-bond donors (Lipinski definition) is 1. The lowest BCUT2D eigenvalue weighted by Crippen LogP contribution is -2.13. The zero-order chi connectivity index (χ0) is 12.6. The lowest BCUT2D eigenvalue weighted by atomic mass is 10.0. The van der Waals surface area contributed by atoms with Crippen molar-refractivity contribution in [3.8, 4) is 0 Å². The third kappa shape index (κ3) is 2.44. The first-order chi connectivity index (χ1) is 8.00. The molecule has 4 heteroatoms. The molecule has 0 radical (unpaired) electrons. The minimum absolute atomic E-state index is 0.273. The normalized spacial score (nSPS) is 12.8. The molecule has 17 heavy (non-hydrogen) atoms. The molecule has 90 valence electrons. The van der Waals surface area contributed by atoms with Crippen LogP contribution >= 0.6 is 27.3 Å². The van der Waals surface area contributed by atoms with Gasteiger partial charge in [0.1, 0.15) is 5.82 Å². The maximum absolute atomic E-state index is 14.0. The van der Waals surface area contributed by atoms with Crippen LogP contribution < -0.4 is 5.73 Å². The molecule has 2 rings (SSSR count). The lowest BCUT2D eigenvalue weighted by Gasteiger charge is -2.13. The van der Waals surface area contributed by atoms with Gasteiger partial charge in [-0.1, -0.05) is 12.1 Å². The molecule has 1 atom stereocenters. The Morgan fingerprint density at radius 1 is 1.35 bits per heavy atom. The molecule has 1 unspecified atom stereocenters. The fourth-order valence-corrected chi connectivity index (χ4v) is 3.31. The second-order valence-electron chi connectivity index (χ2n) is 4.03. The van der Waals surface area contributed by atoms with Crippen molar-refractivity contribution in [1.29, 1.82) is 0 Å². The summed E-state index contributed by atoms with van der Waals surface area (Å²) in [5.41, 5.74) is 7.81. The van der Waals surface area contributed by atoms with Crippen LogP contribution in [-0.2, 0) is 0 Å². The minimum Gasteiger partial charge on any atom is -0.320 e. The van der Waals surface area contributed by atoms with Crippen molar-refractivity contribution in [3.05, 3.63) is 55.4 Å². The van der Waals surface area contributed by atoms with Crippen molar-refractivity contribution in [2.24, 2.45) is 5.73 Å². The number of thiophene rings is 1. The van der Waals surface area contributed by atoms with Gasteiger partial charge in [0.05, 0.1) is 10.5 Å². The van der Waals surface area contributed by atoms with Gasteiger partial charge in [-0.25, -0.2) is 4.39 Å². The zero-order valence-electron chi connectivity index (χ0n) is 9.63. The largest absolute Gasteiger partial charge is 0.320 e. The van der Waals surface area contributed by atoms with Crippen LogP contribution in [0.2, 0.25) is 0 Å². The van der Waals surface area contributed by atoms with Gasteiger partial charge in [0.2, 0.25) is 0 Å². The van der Waals surface area contributed by atoms with E-state index >= 15 is 0 Å².